The Morgan fingerprint density at radius 1 is 1.05 bits per heavy atom. The van der Waals surface area contributed by atoms with Crippen LogP contribution < -0.4 is 5.73 Å². The summed E-state index contributed by atoms with van der Waals surface area (Å²) < 4.78 is 0. The number of hydrogen-bond donors (Lipinski definition) is 1. The Balaban J connectivity index is 1.67. The van der Waals surface area contributed by atoms with Crippen molar-refractivity contribution in [2.75, 3.05) is 5.73 Å². The fourth-order valence-corrected chi connectivity index (χ4v) is 3.65. The van der Waals surface area contributed by atoms with E-state index in [4.69, 9.17) is 10.7 Å². The number of anilines is 1. The van der Waals surface area contributed by atoms with Crippen molar-refractivity contribution in [2.45, 2.75) is 17.6 Å². The second kappa shape index (κ2) is 6.33. The number of nitrogen functional groups attached to an aromatic ring is 1. The summed E-state index contributed by atoms with van der Waals surface area (Å²) in [5.74, 6) is 0.881. The summed E-state index contributed by atoms with van der Waals surface area (Å²) in [6.45, 7) is 2.10. The van der Waals surface area contributed by atoms with Gasteiger partial charge in [0.15, 0.2) is 0 Å². The molecule has 2 nitrogen and oxygen atoms in total. The van der Waals surface area contributed by atoms with Gasteiger partial charge in [-0.1, -0.05) is 29.8 Å². The lowest BCUT2D eigenvalue weighted by atomic mass is 10.2. The van der Waals surface area contributed by atoms with Crippen LogP contribution in [0.25, 0.3) is 10.6 Å². The van der Waals surface area contributed by atoms with Crippen LogP contribution in [0.2, 0.25) is 0 Å². The average molecular weight is 312 g/mol. The molecule has 2 aromatic carbocycles. The smallest absolute Gasteiger partial charge is 0.123 e. The zero-order valence-corrected chi connectivity index (χ0v) is 13.4. The number of nitrogens with zero attached hydrogens (tertiary/aromatic N) is 1. The van der Waals surface area contributed by atoms with Crippen molar-refractivity contribution in [1.29, 1.82) is 0 Å². The number of nitrogens with two attached hydrogens (primary N) is 1. The molecule has 4 heteroatoms. The molecule has 0 spiro atoms. The summed E-state index contributed by atoms with van der Waals surface area (Å²) in [5.41, 5.74) is 10.1. The molecule has 0 aliphatic carbocycles. The Kier molecular flexibility index (Phi) is 4.27. The van der Waals surface area contributed by atoms with Gasteiger partial charge in [-0.3, -0.25) is 0 Å². The first-order valence-electron chi connectivity index (χ1n) is 6.70. The van der Waals surface area contributed by atoms with E-state index in [2.05, 4.69) is 36.6 Å². The van der Waals surface area contributed by atoms with E-state index in [0.717, 1.165) is 22.1 Å². The average Bonchev–Trinajstić information content (AvgIpc) is 2.96. The Morgan fingerprint density at radius 3 is 2.48 bits per heavy atom. The normalized spacial score (nSPS) is 10.7. The second-order valence-electron chi connectivity index (χ2n) is 4.87. The van der Waals surface area contributed by atoms with Crippen molar-refractivity contribution in [3.8, 4) is 10.6 Å². The quantitative estimate of drug-likeness (QED) is 0.544. The zero-order chi connectivity index (χ0) is 14.7. The Bertz CT molecular complexity index is 715. The van der Waals surface area contributed by atoms with Crippen molar-refractivity contribution in [2.24, 2.45) is 0 Å². The highest BCUT2D eigenvalue weighted by Gasteiger charge is 2.05. The maximum absolute atomic E-state index is 5.69. The molecule has 21 heavy (non-hydrogen) atoms. The van der Waals surface area contributed by atoms with Crippen LogP contribution in [0.1, 0.15) is 11.3 Å². The van der Waals surface area contributed by atoms with Crippen molar-refractivity contribution < 1.29 is 0 Å². The van der Waals surface area contributed by atoms with E-state index >= 15 is 0 Å². The van der Waals surface area contributed by atoms with Crippen LogP contribution in [-0.4, -0.2) is 4.98 Å². The van der Waals surface area contributed by atoms with E-state index in [-0.39, 0.29) is 0 Å². The van der Waals surface area contributed by atoms with E-state index in [0.29, 0.717) is 0 Å². The molecule has 0 saturated carbocycles. The van der Waals surface area contributed by atoms with Gasteiger partial charge in [-0.2, -0.15) is 0 Å². The highest BCUT2D eigenvalue weighted by Crippen LogP contribution is 2.28. The standard InChI is InChI=1S/C17H16N2S2/c1-12-2-4-13(5-3-12)17-19-15(11-21-17)10-20-16-8-6-14(18)7-9-16/h2-9,11H,10,18H2,1H3. The highest BCUT2D eigenvalue weighted by atomic mass is 32.2. The molecule has 0 aliphatic heterocycles. The van der Waals surface area contributed by atoms with Crippen molar-refractivity contribution in [1.82, 2.24) is 4.98 Å². The third-order valence-corrected chi connectivity index (χ3v) is 5.10. The number of rotatable bonds is 4. The van der Waals surface area contributed by atoms with Gasteiger partial charge in [0.25, 0.3) is 0 Å². The van der Waals surface area contributed by atoms with Gasteiger partial charge in [-0.15, -0.1) is 23.1 Å². The van der Waals surface area contributed by atoms with Gasteiger partial charge in [-0.25, -0.2) is 4.98 Å². The molecule has 1 heterocycles. The molecule has 1 aromatic heterocycles. The lowest BCUT2D eigenvalue weighted by Gasteiger charge is -2.00. The van der Waals surface area contributed by atoms with Gasteiger partial charge in [0.1, 0.15) is 5.01 Å². The largest absolute Gasteiger partial charge is 0.399 e. The lowest BCUT2D eigenvalue weighted by Crippen LogP contribution is -1.84. The first-order valence-corrected chi connectivity index (χ1v) is 8.57. The fraction of sp³-hybridized carbons (Fsp3) is 0.118. The molecule has 0 aliphatic rings. The molecule has 2 N–H and O–H groups in total. The minimum Gasteiger partial charge on any atom is -0.399 e. The molecule has 0 radical (unpaired) electrons. The van der Waals surface area contributed by atoms with Gasteiger partial charge in [0.2, 0.25) is 0 Å². The summed E-state index contributed by atoms with van der Waals surface area (Å²) in [6.07, 6.45) is 0. The van der Waals surface area contributed by atoms with E-state index in [1.54, 1.807) is 23.1 Å². The molecular formula is C17H16N2S2. The molecule has 106 valence electrons. The van der Waals surface area contributed by atoms with Crippen LogP contribution in [-0.2, 0) is 5.75 Å². The Labute approximate surface area is 133 Å². The molecule has 3 aromatic rings. The van der Waals surface area contributed by atoms with Crippen molar-refractivity contribution in [3.63, 3.8) is 0 Å². The number of thiazole rings is 1. The number of aromatic nitrogens is 1. The van der Waals surface area contributed by atoms with Crippen LogP contribution >= 0.6 is 23.1 Å². The third-order valence-electron chi connectivity index (χ3n) is 3.12. The molecule has 0 saturated heterocycles. The van der Waals surface area contributed by atoms with Gasteiger partial charge in [0.05, 0.1) is 5.69 Å². The first-order chi connectivity index (χ1) is 10.2. The molecule has 0 amide bonds. The van der Waals surface area contributed by atoms with Gasteiger partial charge in [0, 0.05) is 27.3 Å². The van der Waals surface area contributed by atoms with E-state index < -0.39 is 0 Å². The summed E-state index contributed by atoms with van der Waals surface area (Å²) in [4.78, 5) is 5.93. The number of benzene rings is 2. The van der Waals surface area contributed by atoms with Gasteiger partial charge >= 0.3 is 0 Å². The summed E-state index contributed by atoms with van der Waals surface area (Å²) in [7, 11) is 0. The number of aryl methyl sites for hydroxylation is 1. The van der Waals surface area contributed by atoms with Crippen molar-refractivity contribution in [3.05, 3.63) is 65.2 Å². The summed E-state index contributed by atoms with van der Waals surface area (Å²) >= 11 is 3.48. The molecule has 0 atom stereocenters. The minimum atomic E-state index is 0.801. The first kappa shape index (κ1) is 14.2. The maximum atomic E-state index is 5.69. The van der Waals surface area contributed by atoms with Crippen LogP contribution in [0.15, 0.2) is 58.8 Å². The van der Waals surface area contributed by atoms with E-state index in [1.165, 1.54) is 16.0 Å². The van der Waals surface area contributed by atoms with E-state index in [9.17, 15) is 0 Å². The fourth-order valence-electron chi connectivity index (χ4n) is 1.92. The molecule has 0 fully saturated rings. The van der Waals surface area contributed by atoms with Crippen LogP contribution in [0.5, 0.6) is 0 Å². The zero-order valence-electron chi connectivity index (χ0n) is 11.7. The predicted molar refractivity (Wildman–Crippen MR) is 92.7 cm³/mol. The van der Waals surface area contributed by atoms with Crippen molar-refractivity contribution >= 4 is 28.8 Å². The molecule has 3 rings (SSSR count). The molecule has 0 unspecified atom stereocenters. The number of thioether (sulfide) groups is 1. The maximum Gasteiger partial charge on any atom is 0.123 e. The van der Waals surface area contributed by atoms with Gasteiger partial charge < -0.3 is 5.73 Å². The molecular weight excluding hydrogens is 296 g/mol. The third kappa shape index (κ3) is 3.65. The Morgan fingerprint density at radius 2 is 1.76 bits per heavy atom. The predicted octanol–water partition coefficient (Wildman–Crippen LogP) is 4.99. The lowest BCUT2D eigenvalue weighted by molar-refractivity contribution is 1.23. The van der Waals surface area contributed by atoms with Crippen LogP contribution in [0.4, 0.5) is 5.69 Å². The van der Waals surface area contributed by atoms with Crippen LogP contribution in [0.3, 0.4) is 0 Å². The second-order valence-corrected chi connectivity index (χ2v) is 6.77. The van der Waals surface area contributed by atoms with Crippen LogP contribution in [0, 0.1) is 6.92 Å². The SMILES string of the molecule is Cc1ccc(-c2nc(CSc3ccc(N)cc3)cs2)cc1. The monoisotopic (exact) mass is 312 g/mol. The molecule has 0 bridgehead atoms. The van der Waals surface area contributed by atoms with E-state index in [1.807, 2.05) is 24.3 Å². The van der Waals surface area contributed by atoms with Gasteiger partial charge in [-0.05, 0) is 31.2 Å². The summed E-state index contributed by atoms with van der Waals surface area (Å²) in [6, 6.07) is 16.5. The highest BCUT2D eigenvalue weighted by molar-refractivity contribution is 7.98. The summed E-state index contributed by atoms with van der Waals surface area (Å²) in [5, 5.41) is 3.22. The minimum absolute atomic E-state index is 0.801. The number of hydrogen-bond acceptors (Lipinski definition) is 4. The Hall–Kier alpha value is -1.78. The topological polar surface area (TPSA) is 38.9 Å².